The molecule has 2 rings (SSSR count). The molecule has 1 aliphatic rings. The number of nitrogens with one attached hydrogen (secondary N) is 1. The first-order chi connectivity index (χ1) is 7.09. The molecule has 1 aromatic rings. The van der Waals surface area contributed by atoms with Gasteiger partial charge in [-0.05, 0) is 11.6 Å². The van der Waals surface area contributed by atoms with E-state index in [0.29, 0.717) is 6.41 Å². The molecule has 3 heteroatoms. The zero-order valence-electron chi connectivity index (χ0n) is 8.95. The summed E-state index contributed by atoms with van der Waals surface area (Å²) < 4.78 is 0. The molecule has 0 aromatic heterocycles. The lowest BCUT2D eigenvalue weighted by Gasteiger charge is -2.24. The molecule has 0 unspecified atom stereocenters. The molecule has 1 heterocycles. The number of anilines is 1. The van der Waals surface area contributed by atoms with Gasteiger partial charge in [0.2, 0.25) is 6.41 Å². The van der Waals surface area contributed by atoms with Gasteiger partial charge in [-0.15, -0.1) is 0 Å². The van der Waals surface area contributed by atoms with Crippen molar-refractivity contribution < 1.29 is 4.79 Å². The monoisotopic (exact) mass is 202 g/mol. The number of rotatable bonds is 2. The van der Waals surface area contributed by atoms with Crippen LogP contribution >= 0.6 is 0 Å². The summed E-state index contributed by atoms with van der Waals surface area (Å²) in [5.74, 6) is 0. The molecular formula is C12H14N2O. The maximum absolute atomic E-state index is 10.5. The summed E-state index contributed by atoms with van der Waals surface area (Å²) in [5.41, 5.74) is 5.60. The molecule has 1 aromatic carbocycles. The molecule has 78 valence electrons. The fraction of sp³-hybridized carbons (Fsp3) is 0.250. The zero-order chi connectivity index (χ0) is 11.1. The van der Waals surface area contributed by atoms with Crippen molar-refractivity contribution in [2.75, 3.05) is 5.01 Å². The Morgan fingerprint density at radius 1 is 1.40 bits per heavy atom. The lowest BCUT2D eigenvalue weighted by molar-refractivity contribution is -0.109. The minimum absolute atomic E-state index is 0.132. The van der Waals surface area contributed by atoms with Gasteiger partial charge in [0.05, 0.1) is 5.69 Å². The van der Waals surface area contributed by atoms with Gasteiger partial charge < -0.3 is 0 Å². The highest BCUT2D eigenvalue weighted by Crippen LogP contribution is 2.45. The molecule has 1 N–H and O–H groups in total. The second-order valence-electron chi connectivity index (χ2n) is 4.17. The van der Waals surface area contributed by atoms with E-state index in [1.165, 1.54) is 5.56 Å². The van der Waals surface area contributed by atoms with Gasteiger partial charge in [-0.25, -0.2) is 0 Å². The number of nitrogens with zero attached hydrogens (tertiary/aromatic N) is 1. The molecule has 0 radical (unpaired) electrons. The first-order valence-corrected chi connectivity index (χ1v) is 4.88. The van der Waals surface area contributed by atoms with Crippen LogP contribution in [0.25, 0.3) is 0 Å². The summed E-state index contributed by atoms with van der Waals surface area (Å²) in [6.07, 6.45) is 0.670. The fourth-order valence-electron chi connectivity index (χ4n) is 1.98. The van der Waals surface area contributed by atoms with Crippen LogP contribution in [0.4, 0.5) is 5.69 Å². The number of para-hydroxylation sites is 1. The van der Waals surface area contributed by atoms with Gasteiger partial charge in [-0.3, -0.25) is 15.2 Å². The Hall–Kier alpha value is -1.77. The molecule has 0 aliphatic carbocycles. The smallest absolute Gasteiger partial charge is 0.226 e. The maximum Gasteiger partial charge on any atom is 0.226 e. The highest BCUT2D eigenvalue weighted by atomic mass is 16.1. The molecule has 0 bridgehead atoms. The standard InChI is InChI=1S/C12H14N2O/c1-9-12(2,3)10-6-4-5-7-11(10)14(9)13-8-15/h4-8H,1H2,2-3H3,(H,13,15). The summed E-state index contributed by atoms with van der Waals surface area (Å²) in [5, 5.41) is 1.74. The van der Waals surface area contributed by atoms with Crippen molar-refractivity contribution in [1.29, 1.82) is 0 Å². The summed E-state index contributed by atoms with van der Waals surface area (Å²) >= 11 is 0. The number of fused-ring (bicyclic) bond motifs is 1. The van der Waals surface area contributed by atoms with Crippen molar-refractivity contribution in [2.24, 2.45) is 0 Å². The van der Waals surface area contributed by atoms with Crippen molar-refractivity contribution in [3.05, 3.63) is 42.1 Å². The van der Waals surface area contributed by atoms with Gasteiger partial charge in [0, 0.05) is 11.1 Å². The summed E-state index contributed by atoms with van der Waals surface area (Å²) in [6.45, 7) is 8.22. The molecule has 15 heavy (non-hydrogen) atoms. The van der Waals surface area contributed by atoms with Crippen LogP contribution in [0.5, 0.6) is 0 Å². The third kappa shape index (κ3) is 1.23. The van der Waals surface area contributed by atoms with Crippen LogP contribution < -0.4 is 10.4 Å². The zero-order valence-corrected chi connectivity index (χ0v) is 8.95. The van der Waals surface area contributed by atoms with E-state index in [2.05, 4.69) is 31.9 Å². The minimum Gasteiger partial charge on any atom is -0.277 e. The van der Waals surface area contributed by atoms with E-state index in [4.69, 9.17) is 0 Å². The topological polar surface area (TPSA) is 32.3 Å². The number of carbonyl (C=O) groups is 1. The van der Waals surface area contributed by atoms with E-state index in [-0.39, 0.29) is 5.41 Å². The van der Waals surface area contributed by atoms with E-state index in [9.17, 15) is 4.79 Å². The Morgan fingerprint density at radius 2 is 2.07 bits per heavy atom. The fourth-order valence-corrected chi connectivity index (χ4v) is 1.98. The first-order valence-electron chi connectivity index (χ1n) is 4.88. The number of hydrazine groups is 1. The predicted octanol–water partition coefficient (Wildman–Crippen LogP) is 1.96. The molecule has 0 saturated heterocycles. The Labute approximate surface area is 89.4 Å². The van der Waals surface area contributed by atoms with Crippen molar-refractivity contribution in [2.45, 2.75) is 19.3 Å². The van der Waals surface area contributed by atoms with Gasteiger partial charge >= 0.3 is 0 Å². The number of benzene rings is 1. The van der Waals surface area contributed by atoms with Crippen molar-refractivity contribution >= 4 is 12.1 Å². The molecule has 0 atom stereocenters. The second-order valence-corrected chi connectivity index (χ2v) is 4.17. The third-order valence-electron chi connectivity index (χ3n) is 2.99. The van der Waals surface area contributed by atoms with Crippen LogP contribution in [0.15, 0.2) is 36.5 Å². The van der Waals surface area contributed by atoms with Crippen LogP contribution in [0.3, 0.4) is 0 Å². The highest BCUT2D eigenvalue weighted by molar-refractivity contribution is 5.71. The molecule has 0 fully saturated rings. The number of amides is 1. The predicted molar refractivity (Wildman–Crippen MR) is 60.3 cm³/mol. The summed E-state index contributed by atoms with van der Waals surface area (Å²) in [6, 6.07) is 7.99. The average molecular weight is 202 g/mol. The van der Waals surface area contributed by atoms with Gasteiger partial charge in [-0.2, -0.15) is 0 Å². The lowest BCUT2D eigenvalue weighted by atomic mass is 9.85. The van der Waals surface area contributed by atoms with Gasteiger partial charge in [0.25, 0.3) is 0 Å². The van der Waals surface area contributed by atoms with E-state index in [1.54, 1.807) is 5.01 Å². The van der Waals surface area contributed by atoms with Crippen molar-refractivity contribution in [3.8, 4) is 0 Å². The first kappa shape index (κ1) is 9.77. The van der Waals surface area contributed by atoms with Gasteiger partial charge in [0.15, 0.2) is 0 Å². The molecule has 0 spiro atoms. The molecule has 1 amide bonds. The van der Waals surface area contributed by atoms with E-state index >= 15 is 0 Å². The van der Waals surface area contributed by atoms with Gasteiger partial charge in [0.1, 0.15) is 0 Å². The molecule has 3 nitrogen and oxygen atoms in total. The Balaban J connectivity index is 2.56. The van der Waals surface area contributed by atoms with E-state index in [1.807, 2.05) is 18.2 Å². The molecular weight excluding hydrogens is 188 g/mol. The number of hydrogen-bond donors (Lipinski definition) is 1. The van der Waals surface area contributed by atoms with Crippen LogP contribution in [-0.2, 0) is 10.2 Å². The van der Waals surface area contributed by atoms with Crippen LogP contribution in [0, 0.1) is 0 Å². The van der Waals surface area contributed by atoms with Crippen molar-refractivity contribution in [1.82, 2.24) is 5.43 Å². The number of carbonyl (C=O) groups excluding carboxylic acids is 1. The third-order valence-corrected chi connectivity index (χ3v) is 2.99. The normalized spacial score (nSPS) is 17.5. The van der Waals surface area contributed by atoms with Gasteiger partial charge in [-0.1, -0.05) is 38.6 Å². The lowest BCUT2D eigenvalue weighted by Crippen LogP contribution is -2.36. The van der Waals surface area contributed by atoms with Crippen LogP contribution in [0.1, 0.15) is 19.4 Å². The Kier molecular flexibility index (Phi) is 2.03. The largest absolute Gasteiger partial charge is 0.277 e. The van der Waals surface area contributed by atoms with E-state index in [0.717, 1.165) is 11.4 Å². The Morgan fingerprint density at radius 3 is 2.73 bits per heavy atom. The number of allylic oxidation sites excluding steroid dienone is 1. The average Bonchev–Trinajstić information content (AvgIpc) is 2.42. The maximum atomic E-state index is 10.5. The number of hydrogen-bond acceptors (Lipinski definition) is 2. The van der Waals surface area contributed by atoms with Crippen LogP contribution in [0.2, 0.25) is 0 Å². The molecule has 1 aliphatic heterocycles. The SMILES string of the molecule is C=C1N(NC=O)c2ccccc2C1(C)C. The van der Waals surface area contributed by atoms with Crippen molar-refractivity contribution in [3.63, 3.8) is 0 Å². The summed E-state index contributed by atoms with van der Waals surface area (Å²) in [7, 11) is 0. The summed E-state index contributed by atoms with van der Waals surface area (Å²) in [4.78, 5) is 10.5. The Bertz CT molecular complexity index is 423. The molecule has 0 saturated carbocycles. The second kappa shape index (κ2) is 3.12. The minimum atomic E-state index is -0.132. The highest BCUT2D eigenvalue weighted by Gasteiger charge is 2.38. The van der Waals surface area contributed by atoms with E-state index < -0.39 is 0 Å². The quantitative estimate of drug-likeness (QED) is 0.743. The van der Waals surface area contributed by atoms with Crippen LogP contribution in [-0.4, -0.2) is 6.41 Å².